The molecule has 0 unspecified atom stereocenters. The highest BCUT2D eigenvalue weighted by Gasteiger charge is 2.13. The van der Waals surface area contributed by atoms with Crippen molar-refractivity contribution in [2.75, 3.05) is 5.73 Å². The van der Waals surface area contributed by atoms with E-state index in [1.54, 1.807) is 18.2 Å². The summed E-state index contributed by atoms with van der Waals surface area (Å²) in [6.07, 6.45) is 3.90. The lowest BCUT2D eigenvalue weighted by Gasteiger charge is -2.06. The molecule has 0 spiro atoms. The summed E-state index contributed by atoms with van der Waals surface area (Å²) >= 11 is 5.94. The molecule has 0 fully saturated rings. The number of nitrogen functional groups attached to an aromatic ring is 1. The molecule has 2 nitrogen and oxygen atoms in total. The van der Waals surface area contributed by atoms with Gasteiger partial charge in [-0.25, -0.2) is 0 Å². The summed E-state index contributed by atoms with van der Waals surface area (Å²) in [4.78, 5) is 12.3. The van der Waals surface area contributed by atoms with Gasteiger partial charge in [0.2, 0.25) is 0 Å². The van der Waals surface area contributed by atoms with Crippen molar-refractivity contribution in [3.05, 3.63) is 63.7 Å². The Morgan fingerprint density at radius 2 is 1.90 bits per heavy atom. The fraction of sp³-hybridized carbons (Fsp3) is 0.235. The second-order valence-corrected chi connectivity index (χ2v) is 5.77. The van der Waals surface area contributed by atoms with Crippen molar-refractivity contribution in [3.8, 4) is 0 Å². The molecule has 3 rings (SSSR count). The molecule has 0 aromatic heterocycles. The highest BCUT2D eigenvalue weighted by Crippen LogP contribution is 2.24. The molecule has 20 heavy (non-hydrogen) atoms. The van der Waals surface area contributed by atoms with Gasteiger partial charge in [0, 0.05) is 22.7 Å². The number of ketones is 1. The van der Waals surface area contributed by atoms with Crippen LogP contribution in [-0.4, -0.2) is 5.78 Å². The van der Waals surface area contributed by atoms with Crippen molar-refractivity contribution < 1.29 is 4.79 Å². The summed E-state index contributed by atoms with van der Waals surface area (Å²) < 4.78 is 0. The minimum atomic E-state index is 0.0529. The van der Waals surface area contributed by atoms with Gasteiger partial charge < -0.3 is 5.73 Å². The van der Waals surface area contributed by atoms with E-state index in [1.807, 2.05) is 0 Å². The van der Waals surface area contributed by atoms with E-state index in [0.29, 0.717) is 22.7 Å². The van der Waals surface area contributed by atoms with Gasteiger partial charge in [-0.05, 0) is 54.2 Å². The van der Waals surface area contributed by atoms with Crippen molar-refractivity contribution in [3.63, 3.8) is 0 Å². The minimum Gasteiger partial charge on any atom is -0.399 e. The number of nitrogens with two attached hydrogens (primary N) is 1. The molecule has 0 atom stereocenters. The lowest BCUT2D eigenvalue weighted by atomic mass is 9.99. The van der Waals surface area contributed by atoms with Crippen molar-refractivity contribution in [1.29, 1.82) is 0 Å². The molecular weight excluding hydrogens is 270 g/mol. The highest BCUT2D eigenvalue weighted by atomic mass is 35.5. The van der Waals surface area contributed by atoms with Gasteiger partial charge in [-0.2, -0.15) is 0 Å². The number of anilines is 1. The molecule has 1 aliphatic rings. The van der Waals surface area contributed by atoms with Crippen LogP contribution in [-0.2, 0) is 19.3 Å². The van der Waals surface area contributed by atoms with Crippen LogP contribution in [0.25, 0.3) is 0 Å². The molecule has 0 amide bonds. The number of rotatable bonds is 3. The first-order valence-electron chi connectivity index (χ1n) is 6.82. The Labute approximate surface area is 123 Å². The molecule has 0 heterocycles. The van der Waals surface area contributed by atoms with E-state index in [9.17, 15) is 4.79 Å². The van der Waals surface area contributed by atoms with Crippen LogP contribution in [0.4, 0.5) is 5.69 Å². The number of hydrogen-bond acceptors (Lipinski definition) is 2. The molecule has 0 radical (unpaired) electrons. The van der Waals surface area contributed by atoms with E-state index in [0.717, 1.165) is 18.4 Å². The van der Waals surface area contributed by atoms with Crippen molar-refractivity contribution in [2.24, 2.45) is 0 Å². The van der Waals surface area contributed by atoms with E-state index < -0.39 is 0 Å². The second-order valence-electron chi connectivity index (χ2n) is 5.33. The van der Waals surface area contributed by atoms with Crippen LogP contribution in [0.3, 0.4) is 0 Å². The third-order valence-corrected chi connectivity index (χ3v) is 3.99. The summed E-state index contributed by atoms with van der Waals surface area (Å²) in [5.41, 5.74) is 10.7. The Bertz CT molecular complexity index is 658. The van der Waals surface area contributed by atoms with Crippen molar-refractivity contribution >= 4 is 23.1 Å². The van der Waals surface area contributed by atoms with E-state index >= 15 is 0 Å². The first-order valence-corrected chi connectivity index (χ1v) is 7.19. The number of aryl methyl sites for hydroxylation is 2. The Kier molecular flexibility index (Phi) is 3.49. The van der Waals surface area contributed by atoms with Crippen LogP contribution >= 0.6 is 11.6 Å². The maximum Gasteiger partial charge on any atom is 0.167 e. The summed E-state index contributed by atoms with van der Waals surface area (Å²) in [6.45, 7) is 0. The van der Waals surface area contributed by atoms with Crippen molar-refractivity contribution in [1.82, 2.24) is 0 Å². The zero-order valence-corrected chi connectivity index (χ0v) is 11.9. The molecule has 102 valence electrons. The van der Waals surface area contributed by atoms with Gasteiger partial charge in [0.1, 0.15) is 0 Å². The number of hydrogen-bond donors (Lipinski definition) is 1. The van der Waals surface area contributed by atoms with E-state index in [4.69, 9.17) is 17.3 Å². The number of carbonyl (C=O) groups is 1. The van der Waals surface area contributed by atoms with Crippen LogP contribution in [0, 0.1) is 0 Å². The Morgan fingerprint density at radius 3 is 2.70 bits per heavy atom. The van der Waals surface area contributed by atoms with Gasteiger partial charge >= 0.3 is 0 Å². The van der Waals surface area contributed by atoms with Gasteiger partial charge in [-0.3, -0.25) is 4.79 Å². The Hall–Kier alpha value is -1.80. The number of Topliss-reactive ketones (excluding diaryl/α,β-unsaturated/α-hetero) is 1. The van der Waals surface area contributed by atoms with E-state index in [2.05, 4.69) is 18.2 Å². The summed E-state index contributed by atoms with van der Waals surface area (Å²) in [5, 5.41) is 0.502. The third kappa shape index (κ3) is 2.70. The van der Waals surface area contributed by atoms with Gasteiger partial charge in [-0.1, -0.05) is 29.8 Å². The third-order valence-electron chi connectivity index (χ3n) is 3.77. The SMILES string of the molecule is Nc1cc(Cl)cc(C(=O)Cc2ccc3c(c2)CCC3)c1. The van der Waals surface area contributed by atoms with Gasteiger partial charge in [0.05, 0.1) is 0 Å². The fourth-order valence-electron chi connectivity index (χ4n) is 2.80. The maximum absolute atomic E-state index is 12.3. The molecule has 2 N–H and O–H groups in total. The second kappa shape index (κ2) is 5.29. The summed E-state index contributed by atoms with van der Waals surface area (Å²) in [6, 6.07) is 11.4. The van der Waals surface area contributed by atoms with Gasteiger partial charge in [0.25, 0.3) is 0 Å². The molecular formula is C17H16ClNO. The van der Waals surface area contributed by atoms with Crippen LogP contribution in [0.5, 0.6) is 0 Å². The van der Waals surface area contributed by atoms with Crippen LogP contribution < -0.4 is 5.73 Å². The van der Waals surface area contributed by atoms with Gasteiger partial charge in [-0.15, -0.1) is 0 Å². The Morgan fingerprint density at radius 1 is 1.10 bits per heavy atom. The number of fused-ring (bicyclic) bond motifs is 1. The lowest BCUT2D eigenvalue weighted by Crippen LogP contribution is -2.05. The molecule has 3 heteroatoms. The molecule has 1 aliphatic carbocycles. The summed E-state index contributed by atoms with van der Waals surface area (Å²) in [7, 11) is 0. The first kappa shape index (κ1) is 13.2. The Balaban J connectivity index is 1.82. The average molecular weight is 286 g/mol. The molecule has 2 aromatic carbocycles. The normalized spacial score (nSPS) is 13.2. The van der Waals surface area contributed by atoms with E-state index in [1.165, 1.54) is 17.5 Å². The van der Waals surface area contributed by atoms with Gasteiger partial charge in [0.15, 0.2) is 5.78 Å². The molecule has 0 aliphatic heterocycles. The smallest absolute Gasteiger partial charge is 0.167 e. The van der Waals surface area contributed by atoms with E-state index in [-0.39, 0.29) is 5.78 Å². The highest BCUT2D eigenvalue weighted by molar-refractivity contribution is 6.31. The zero-order chi connectivity index (χ0) is 14.1. The predicted octanol–water partition coefficient (Wildman–Crippen LogP) is 3.84. The minimum absolute atomic E-state index is 0.0529. The molecule has 0 bridgehead atoms. The van der Waals surface area contributed by atoms with Crippen LogP contribution in [0.1, 0.15) is 33.5 Å². The zero-order valence-electron chi connectivity index (χ0n) is 11.2. The largest absolute Gasteiger partial charge is 0.399 e. The predicted molar refractivity (Wildman–Crippen MR) is 82.4 cm³/mol. The monoisotopic (exact) mass is 285 g/mol. The average Bonchev–Trinajstić information content (AvgIpc) is 2.85. The summed E-state index contributed by atoms with van der Waals surface area (Å²) in [5.74, 6) is 0.0529. The topological polar surface area (TPSA) is 43.1 Å². The number of halogens is 1. The molecule has 2 aromatic rings. The lowest BCUT2D eigenvalue weighted by molar-refractivity contribution is 0.0993. The first-order chi connectivity index (χ1) is 9.61. The van der Waals surface area contributed by atoms with Crippen LogP contribution in [0.15, 0.2) is 36.4 Å². The number of benzene rings is 2. The standard InChI is InChI=1S/C17H16ClNO/c18-15-8-14(9-16(19)10-15)17(20)7-11-4-5-12-2-1-3-13(12)6-11/h4-6,8-10H,1-3,7,19H2. The van der Waals surface area contributed by atoms with Crippen molar-refractivity contribution in [2.45, 2.75) is 25.7 Å². The quantitative estimate of drug-likeness (QED) is 0.688. The molecule has 0 saturated carbocycles. The fourth-order valence-corrected chi connectivity index (χ4v) is 3.04. The van der Waals surface area contributed by atoms with Crippen LogP contribution in [0.2, 0.25) is 5.02 Å². The molecule has 0 saturated heterocycles. The maximum atomic E-state index is 12.3. The number of carbonyl (C=O) groups excluding carboxylic acids is 1.